The Bertz CT molecular complexity index is 981. The van der Waals surface area contributed by atoms with Gasteiger partial charge in [0.25, 0.3) is 18.2 Å². The van der Waals surface area contributed by atoms with Gasteiger partial charge in [-0.2, -0.15) is 0 Å². The molecule has 4 N–H and O–H groups in total. The summed E-state index contributed by atoms with van der Waals surface area (Å²) < 4.78 is 30.9. The molecule has 2 aromatic rings. The first kappa shape index (κ1) is 21.6. The maximum atomic E-state index is 13.0. The van der Waals surface area contributed by atoms with Crippen LogP contribution in [0.25, 0.3) is 0 Å². The molecule has 0 radical (unpaired) electrons. The number of hydroxylamine groups is 1. The van der Waals surface area contributed by atoms with E-state index in [1.165, 1.54) is 36.9 Å². The van der Waals surface area contributed by atoms with E-state index in [-0.39, 0.29) is 5.56 Å². The molecule has 2 amide bonds. The zero-order chi connectivity index (χ0) is 21.4. The van der Waals surface area contributed by atoms with Gasteiger partial charge in [-0.05, 0) is 49.0 Å². The van der Waals surface area contributed by atoms with E-state index < -0.39 is 29.9 Å². The number of nitrogens with zero attached hydrogens (tertiary/aromatic N) is 1. The quantitative estimate of drug-likeness (QED) is 0.331. The van der Waals surface area contributed by atoms with Crippen LogP contribution < -0.4 is 10.8 Å². The monoisotopic (exact) mass is 403 g/mol. The molecule has 8 nitrogen and oxygen atoms in total. The van der Waals surface area contributed by atoms with Gasteiger partial charge >= 0.3 is 0 Å². The van der Waals surface area contributed by atoms with Crippen LogP contribution in [0.5, 0.6) is 0 Å². The van der Waals surface area contributed by atoms with Gasteiger partial charge in [0.2, 0.25) is 0 Å². The SMILES string of the molecule is CC(O)(C(F)F)C(NC(=O)c1ccc(C#CC#Cc2cnco2)cc1)C(=O)NO. The number of aliphatic hydroxyl groups is 1. The summed E-state index contributed by atoms with van der Waals surface area (Å²) >= 11 is 0. The summed E-state index contributed by atoms with van der Waals surface area (Å²) in [5.74, 6) is 8.54. The Morgan fingerprint density at radius 2 is 1.86 bits per heavy atom. The van der Waals surface area contributed by atoms with Gasteiger partial charge in [-0.1, -0.05) is 5.92 Å². The van der Waals surface area contributed by atoms with Crippen LogP contribution >= 0.6 is 0 Å². The molecule has 29 heavy (non-hydrogen) atoms. The number of alkyl halides is 2. The second-order valence-electron chi connectivity index (χ2n) is 5.85. The second-order valence-corrected chi connectivity index (χ2v) is 5.85. The van der Waals surface area contributed by atoms with Crippen LogP contribution in [0, 0.1) is 23.7 Å². The van der Waals surface area contributed by atoms with Crippen LogP contribution in [0.1, 0.15) is 28.6 Å². The minimum absolute atomic E-state index is 0.0177. The Kier molecular flexibility index (Phi) is 7.04. The molecule has 0 fully saturated rings. The molecular formula is C19H15F2N3O5. The fourth-order valence-electron chi connectivity index (χ4n) is 2.06. The van der Waals surface area contributed by atoms with Crippen LogP contribution in [-0.2, 0) is 4.79 Å². The van der Waals surface area contributed by atoms with Gasteiger partial charge in [0.15, 0.2) is 17.8 Å². The van der Waals surface area contributed by atoms with E-state index >= 15 is 0 Å². The number of amides is 2. The summed E-state index contributed by atoms with van der Waals surface area (Å²) in [5, 5.41) is 20.5. The van der Waals surface area contributed by atoms with Crippen molar-refractivity contribution in [2.75, 3.05) is 0 Å². The fraction of sp³-hybridized carbons (Fsp3) is 0.211. The second kappa shape index (κ2) is 9.46. The highest BCUT2D eigenvalue weighted by Gasteiger charge is 2.46. The molecule has 2 atom stereocenters. The van der Waals surface area contributed by atoms with Crippen LogP contribution in [0.2, 0.25) is 0 Å². The van der Waals surface area contributed by atoms with Crippen molar-refractivity contribution in [2.45, 2.75) is 25.0 Å². The number of carbonyl (C=O) groups excluding carboxylic acids is 2. The molecule has 1 heterocycles. The third-order valence-electron chi connectivity index (χ3n) is 3.71. The van der Waals surface area contributed by atoms with Crippen molar-refractivity contribution in [2.24, 2.45) is 0 Å². The van der Waals surface area contributed by atoms with Gasteiger partial charge < -0.3 is 14.8 Å². The largest absolute Gasteiger partial charge is 0.435 e. The number of nitrogens with one attached hydrogen (secondary N) is 2. The number of aromatic nitrogens is 1. The number of hydrogen-bond donors (Lipinski definition) is 4. The molecule has 1 aromatic carbocycles. The Hall–Kier alpha value is -3.73. The number of benzene rings is 1. The summed E-state index contributed by atoms with van der Waals surface area (Å²) in [6, 6.07) is 3.54. The van der Waals surface area contributed by atoms with Gasteiger partial charge in [-0.25, -0.2) is 19.2 Å². The van der Waals surface area contributed by atoms with Crippen molar-refractivity contribution in [3.63, 3.8) is 0 Å². The van der Waals surface area contributed by atoms with Crippen LogP contribution in [0.4, 0.5) is 8.78 Å². The first-order valence-electron chi connectivity index (χ1n) is 8.01. The van der Waals surface area contributed by atoms with Gasteiger partial charge in [0.1, 0.15) is 6.04 Å². The first-order chi connectivity index (χ1) is 13.8. The molecule has 0 spiro atoms. The predicted molar refractivity (Wildman–Crippen MR) is 94.5 cm³/mol. The smallest absolute Gasteiger partial charge is 0.269 e. The standard InChI is InChI=1S/C19H15F2N3O5/c1-19(27,18(20)21)15(17(26)24-28)23-16(25)13-8-6-12(7-9-13)4-2-3-5-14-10-22-11-29-14/h6-11,15,18,27-28H,1H3,(H,23,25)(H,24,26). The fourth-order valence-corrected chi connectivity index (χ4v) is 2.06. The molecule has 0 bridgehead atoms. The van der Waals surface area contributed by atoms with Gasteiger partial charge in [-0.3, -0.25) is 14.8 Å². The molecule has 2 rings (SSSR count). The third kappa shape index (κ3) is 5.62. The van der Waals surface area contributed by atoms with E-state index in [2.05, 4.69) is 28.7 Å². The zero-order valence-corrected chi connectivity index (χ0v) is 14.9. The average Bonchev–Trinajstić information content (AvgIpc) is 3.22. The van der Waals surface area contributed by atoms with Gasteiger partial charge in [0.05, 0.1) is 6.20 Å². The number of halogens is 2. The lowest BCUT2D eigenvalue weighted by atomic mass is 9.95. The van der Waals surface area contributed by atoms with Crippen LogP contribution in [-0.4, -0.2) is 45.2 Å². The molecule has 0 aliphatic heterocycles. The summed E-state index contributed by atoms with van der Waals surface area (Å²) in [7, 11) is 0. The Morgan fingerprint density at radius 3 is 2.41 bits per heavy atom. The summed E-state index contributed by atoms with van der Waals surface area (Å²) in [6.07, 6.45) is -0.699. The predicted octanol–water partition coefficient (Wildman–Crippen LogP) is 0.698. The highest BCUT2D eigenvalue weighted by Crippen LogP contribution is 2.20. The van der Waals surface area contributed by atoms with E-state index in [0.717, 1.165) is 5.48 Å². The van der Waals surface area contributed by atoms with Gasteiger partial charge in [0, 0.05) is 11.1 Å². The third-order valence-corrected chi connectivity index (χ3v) is 3.71. The van der Waals surface area contributed by atoms with E-state index in [1.54, 1.807) is 0 Å². The molecule has 0 saturated carbocycles. The Balaban J connectivity index is 2.10. The molecule has 0 aliphatic rings. The van der Waals surface area contributed by atoms with Crippen molar-refractivity contribution in [1.29, 1.82) is 0 Å². The zero-order valence-electron chi connectivity index (χ0n) is 14.9. The van der Waals surface area contributed by atoms with Crippen molar-refractivity contribution in [3.8, 4) is 23.7 Å². The number of rotatable bonds is 5. The lowest BCUT2D eigenvalue weighted by molar-refractivity contribution is -0.149. The number of hydrogen-bond acceptors (Lipinski definition) is 6. The van der Waals surface area contributed by atoms with Gasteiger partial charge in [-0.15, -0.1) is 0 Å². The van der Waals surface area contributed by atoms with E-state index in [1.807, 2.05) is 5.32 Å². The van der Waals surface area contributed by atoms with Crippen molar-refractivity contribution in [3.05, 3.63) is 53.7 Å². The minimum Gasteiger partial charge on any atom is -0.435 e. The highest BCUT2D eigenvalue weighted by atomic mass is 19.3. The number of carbonyl (C=O) groups is 2. The number of oxazole rings is 1. The highest BCUT2D eigenvalue weighted by molar-refractivity contribution is 5.97. The first-order valence-corrected chi connectivity index (χ1v) is 8.01. The van der Waals surface area contributed by atoms with Crippen molar-refractivity contribution >= 4 is 11.8 Å². The molecule has 10 heteroatoms. The minimum atomic E-state index is -3.36. The molecular weight excluding hydrogens is 388 g/mol. The molecule has 0 aliphatic carbocycles. The van der Waals surface area contributed by atoms with Crippen LogP contribution in [0.3, 0.4) is 0 Å². The molecule has 1 aromatic heterocycles. The summed E-state index contributed by atoms with van der Waals surface area (Å²) in [4.78, 5) is 27.5. The van der Waals surface area contributed by atoms with Crippen molar-refractivity contribution < 1.29 is 33.1 Å². The lowest BCUT2D eigenvalue weighted by Gasteiger charge is -2.30. The van der Waals surface area contributed by atoms with E-state index in [0.29, 0.717) is 18.2 Å². The molecule has 150 valence electrons. The summed E-state index contributed by atoms with van der Waals surface area (Å²) in [6.45, 7) is 0.663. The maximum absolute atomic E-state index is 13.0. The Labute approximate surface area is 163 Å². The lowest BCUT2D eigenvalue weighted by Crippen LogP contribution is -2.61. The summed E-state index contributed by atoms with van der Waals surface area (Å²) in [5.41, 5.74) is -1.24. The normalized spacial score (nSPS) is 13.2. The Morgan fingerprint density at radius 1 is 1.21 bits per heavy atom. The van der Waals surface area contributed by atoms with E-state index in [4.69, 9.17) is 9.62 Å². The van der Waals surface area contributed by atoms with E-state index in [9.17, 15) is 23.5 Å². The average molecular weight is 403 g/mol. The maximum Gasteiger partial charge on any atom is 0.269 e. The van der Waals surface area contributed by atoms with Crippen LogP contribution in [0.15, 0.2) is 41.3 Å². The molecule has 2 unspecified atom stereocenters. The van der Waals surface area contributed by atoms with Crippen molar-refractivity contribution in [1.82, 2.24) is 15.8 Å². The topological polar surface area (TPSA) is 125 Å². The molecule has 0 saturated heterocycles.